The maximum Gasteiger partial charge on any atom is 0.0595 e. The summed E-state index contributed by atoms with van der Waals surface area (Å²) in [4.78, 5) is 0. The van der Waals surface area contributed by atoms with E-state index in [1.165, 1.54) is 19.3 Å². The molecule has 2 N–H and O–H groups in total. The quantitative estimate of drug-likeness (QED) is 0.771. The van der Waals surface area contributed by atoms with Gasteiger partial charge in [-0.3, -0.25) is 0 Å². The molecule has 2 nitrogen and oxygen atoms in total. The van der Waals surface area contributed by atoms with Crippen LogP contribution in [0.25, 0.3) is 0 Å². The van der Waals surface area contributed by atoms with Crippen molar-refractivity contribution in [1.82, 2.24) is 5.32 Å². The largest absolute Gasteiger partial charge is 0.396 e. The van der Waals surface area contributed by atoms with Gasteiger partial charge in [0.1, 0.15) is 0 Å². The molecule has 1 aromatic carbocycles. The zero-order chi connectivity index (χ0) is 15.3. The van der Waals surface area contributed by atoms with Crippen molar-refractivity contribution < 1.29 is 5.11 Å². The summed E-state index contributed by atoms with van der Waals surface area (Å²) in [6.45, 7) is 3.30. The summed E-state index contributed by atoms with van der Waals surface area (Å²) in [6, 6.07) is 6.08. The van der Waals surface area contributed by atoms with Gasteiger partial charge in [-0.1, -0.05) is 55.5 Å². The first-order chi connectivity index (χ1) is 10.1. The Balaban J connectivity index is 2.02. The van der Waals surface area contributed by atoms with E-state index in [1.807, 2.05) is 18.2 Å². The first-order valence-electron chi connectivity index (χ1n) is 7.89. The van der Waals surface area contributed by atoms with E-state index in [2.05, 4.69) is 12.2 Å². The van der Waals surface area contributed by atoms with Crippen molar-refractivity contribution >= 4 is 23.2 Å². The van der Waals surface area contributed by atoms with Crippen molar-refractivity contribution in [3.8, 4) is 0 Å². The van der Waals surface area contributed by atoms with Gasteiger partial charge in [-0.2, -0.15) is 0 Å². The fourth-order valence-corrected chi connectivity index (χ4v) is 3.57. The molecular weight excluding hydrogens is 305 g/mol. The summed E-state index contributed by atoms with van der Waals surface area (Å²) in [5.41, 5.74) is 1.22. The third-order valence-corrected chi connectivity index (χ3v) is 5.47. The molecule has 0 bridgehead atoms. The molecule has 0 aliphatic heterocycles. The predicted octanol–water partition coefficient (Wildman–Crippen LogP) is 4.98. The minimum Gasteiger partial charge on any atom is -0.396 e. The third kappa shape index (κ3) is 4.35. The molecule has 1 aromatic rings. The van der Waals surface area contributed by atoms with Crippen LogP contribution in [-0.4, -0.2) is 18.3 Å². The molecule has 0 amide bonds. The Morgan fingerprint density at radius 2 is 1.90 bits per heavy atom. The average Bonchev–Trinajstić information content (AvgIpc) is 2.52. The fraction of sp³-hybridized carbons (Fsp3) is 0.647. The van der Waals surface area contributed by atoms with Crippen LogP contribution in [0.5, 0.6) is 0 Å². The van der Waals surface area contributed by atoms with Crippen LogP contribution < -0.4 is 5.32 Å². The molecule has 1 aliphatic rings. The Kier molecular flexibility index (Phi) is 6.36. The van der Waals surface area contributed by atoms with Gasteiger partial charge in [0.2, 0.25) is 0 Å². The summed E-state index contributed by atoms with van der Waals surface area (Å²) in [5.74, 6) is 0. The van der Waals surface area contributed by atoms with Gasteiger partial charge in [0.25, 0.3) is 0 Å². The Labute approximate surface area is 137 Å². The number of rotatable bonds is 6. The Morgan fingerprint density at radius 1 is 1.19 bits per heavy atom. The van der Waals surface area contributed by atoms with Crippen LogP contribution >= 0.6 is 23.2 Å². The highest BCUT2D eigenvalue weighted by atomic mass is 35.5. The first kappa shape index (κ1) is 17.1. The molecule has 1 unspecified atom stereocenters. The van der Waals surface area contributed by atoms with Crippen molar-refractivity contribution in [3.63, 3.8) is 0 Å². The zero-order valence-electron chi connectivity index (χ0n) is 12.7. The number of aliphatic hydroxyl groups is 1. The summed E-state index contributed by atoms with van der Waals surface area (Å²) >= 11 is 12.1. The number of hydrogen-bond acceptors (Lipinski definition) is 2. The van der Waals surface area contributed by atoms with E-state index < -0.39 is 0 Å². The lowest BCUT2D eigenvalue weighted by Crippen LogP contribution is -2.40. The Hall–Kier alpha value is -0.280. The molecule has 1 fully saturated rings. The van der Waals surface area contributed by atoms with E-state index in [-0.39, 0.29) is 18.1 Å². The van der Waals surface area contributed by atoms with Crippen LogP contribution in [0.3, 0.4) is 0 Å². The SMILES string of the molecule is CCC(NCC1(CO)CCCCC1)c1ccc(Cl)c(Cl)c1. The van der Waals surface area contributed by atoms with Crippen molar-refractivity contribution in [1.29, 1.82) is 0 Å². The molecule has 0 radical (unpaired) electrons. The minimum atomic E-state index is 0.0574. The molecule has 0 spiro atoms. The van der Waals surface area contributed by atoms with Gasteiger partial charge in [-0.05, 0) is 37.0 Å². The topological polar surface area (TPSA) is 32.3 Å². The zero-order valence-corrected chi connectivity index (χ0v) is 14.2. The van der Waals surface area contributed by atoms with Crippen LogP contribution in [0.15, 0.2) is 18.2 Å². The summed E-state index contributed by atoms with van der Waals surface area (Å²) in [7, 11) is 0. The van der Waals surface area contributed by atoms with Gasteiger partial charge < -0.3 is 10.4 Å². The predicted molar refractivity (Wildman–Crippen MR) is 90.1 cm³/mol. The van der Waals surface area contributed by atoms with E-state index in [4.69, 9.17) is 23.2 Å². The van der Waals surface area contributed by atoms with Crippen LogP contribution in [0, 0.1) is 5.41 Å². The second-order valence-electron chi connectivity index (χ2n) is 6.23. The molecule has 1 aliphatic carbocycles. The normalized spacial score (nSPS) is 19.4. The molecule has 21 heavy (non-hydrogen) atoms. The van der Waals surface area contributed by atoms with Gasteiger partial charge in [0.15, 0.2) is 0 Å². The van der Waals surface area contributed by atoms with E-state index >= 15 is 0 Å². The van der Waals surface area contributed by atoms with Crippen LogP contribution in [-0.2, 0) is 0 Å². The van der Waals surface area contributed by atoms with Gasteiger partial charge in [-0.15, -0.1) is 0 Å². The van der Waals surface area contributed by atoms with Gasteiger partial charge in [0, 0.05) is 24.6 Å². The van der Waals surface area contributed by atoms with Crippen molar-refractivity contribution in [2.45, 2.75) is 51.5 Å². The summed E-state index contributed by atoms with van der Waals surface area (Å²) in [6.07, 6.45) is 6.98. The standard InChI is InChI=1S/C17H25Cl2NO/c1-2-16(13-6-7-14(18)15(19)10-13)20-11-17(12-21)8-4-3-5-9-17/h6-7,10,16,20-21H,2-5,8-9,11-12H2,1H3. The highest BCUT2D eigenvalue weighted by Gasteiger charge is 2.31. The molecule has 0 saturated heterocycles. The van der Waals surface area contributed by atoms with Crippen molar-refractivity contribution in [2.75, 3.05) is 13.2 Å². The highest BCUT2D eigenvalue weighted by molar-refractivity contribution is 6.42. The second-order valence-corrected chi connectivity index (χ2v) is 7.05. The summed E-state index contributed by atoms with van der Waals surface area (Å²) in [5, 5.41) is 14.6. The van der Waals surface area contributed by atoms with Crippen LogP contribution in [0.4, 0.5) is 0 Å². The highest BCUT2D eigenvalue weighted by Crippen LogP contribution is 2.36. The van der Waals surface area contributed by atoms with Gasteiger partial charge in [-0.25, -0.2) is 0 Å². The summed E-state index contributed by atoms with van der Waals surface area (Å²) < 4.78 is 0. The molecule has 1 saturated carbocycles. The van der Waals surface area contributed by atoms with Crippen LogP contribution in [0.1, 0.15) is 57.1 Å². The number of aliphatic hydroxyl groups excluding tert-OH is 1. The van der Waals surface area contributed by atoms with E-state index in [0.29, 0.717) is 10.0 Å². The molecule has 118 valence electrons. The average molecular weight is 330 g/mol. The third-order valence-electron chi connectivity index (χ3n) is 4.73. The smallest absolute Gasteiger partial charge is 0.0595 e. The lowest BCUT2D eigenvalue weighted by atomic mass is 9.74. The lowest BCUT2D eigenvalue weighted by Gasteiger charge is -2.37. The molecule has 0 heterocycles. The van der Waals surface area contributed by atoms with Gasteiger partial charge in [0.05, 0.1) is 10.0 Å². The number of nitrogens with one attached hydrogen (secondary N) is 1. The monoisotopic (exact) mass is 329 g/mol. The minimum absolute atomic E-state index is 0.0574. The lowest BCUT2D eigenvalue weighted by molar-refractivity contribution is 0.0781. The van der Waals surface area contributed by atoms with Crippen molar-refractivity contribution in [3.05, 3.63) is 33.8 Å². The van der Waals surface area contributed by atoms with E-state index in [0.717, 1.165) is 31.4 Å². The molecule has 4 heteroatoms. The maximum atomic E-state index is 9.80. The maximum absolute atomic E-state index is 9.80. The molecule has 0 aromatic heterocycles. The number of benzene rings is 1. The number of hydrogen-bond donors (Lipinski definition) is 2. The molecule has 2 rings (SSSR count). The fourth-order valence-electron chi connectivity index (χ4n) is 3.26. The number of halogens is 2. The second kappa shape index (κ2) is 7.82. The van der Waals surface area contributed by atoms with Crippen LogP contribution in [0.2, 0.25) is 10.0 Å². The molecule has 1 atom stereocenters. The van der Waals surface area contributed by atoms with Gasteiger partial charge >= 0.3 is 0 Å². The van der Waals surface area contributed by atoms with E-state index in [9.17, 15) is 5.11 Å². The molecular formula is C17H25Cl2NO. The van der Waals surface area contributed by atoms with E-state index in [1.54, 1.807) is 0 Å². The van der Waals surface area contributed by atoms with Crippen molar-refractivity contribution in [2.24, 2.45) is 5.41 Å². The Morgan fingerprint density at radius 3 is 2.48 bits per heavy atom. The Bertz CT molecular complexity index is 458. The first-order valence-corrected chi connectivity index (χ1v) is 8.65.